The van der Waals surface area contributed by atoms with Crippen LogP contribution in [0.15, 0.2) is 60.8 Å². The number of allylic oxidation sites excluding steroid dienone is 10. The predicted molar refractivity (Wildman–Crippen MR) is 245 cm³/mol. The maximum atomic E-state index is 13.1. The molecule has 0 bridgehead atoms. The lowest BCUT2D eigenvalue weighted by Crippen LogP contribution is -2.46. The Kier molecular flexibility index (Phi) is 42.7. The van der Waals surface area contributed by atoms with Crippen LogP contribution in [0.2, 0.25) is 0 Å². The standard InChI is InChI=1S/C51H91NO5/c1-4-7-10-13-16-19-22-24-26-28-30-33-36-39-42-47(57-51(56)44-41-38-35-32-21-18-15-12-9-6-3)45-50(55)52-48(46-53)49(54)43-40-37-34-31-29-27-25-23-20-17-14-11-8-5-2/h7,10,12,15-16,19,24,26,30,33,47-49,53-54H,4-6,8-9,11,13-14,17-18,20-23,25,27-29,31-32,34-46H2,1-3H3,(H,52,55)/b10-7+,15-12-,19-16+,26-24+,33-30+. The number of esters is 1. The minimum absolute atomic E-state index is 0.0353. The van der Waals surface area contributed by atoms with Gasteiger partial charge in [0.2, 0.25) is 5.91 Å². The molecule has 1 amide bonds. The van der Waals surface area contributed by atoms with Gasteiger partial charge in [-0.05, 0) is 77.0 Å². The molecule has 3 N–H and O–H groups in total. The average Bonchev–Trinajstić information content (AvgIpc) is 3.20. The van der Waals surface area contributed by atoms with Gasteiger partial charge < -0.3 is 20.3 Å². The summed E-state index contributed by atoms with van der Waals surface area (Å²) >= 11 is 0. The lowest BCUT2D eigenvalue weighted by atomic mass is 10.0. The Bertz CT molecular complexity index is 1030. The SMILES string of the molecule is CC/C=C/C/C=C/C/C=C/C/C=C/CCCC(CC(=O)NC(CO)C(O)CCCCCCCCCCCCCCCC)OC(=O)CCCCCCC/C=C\CCC. The van der Waals surface area contributed by atoms with E-state index < -0.39 is 18.2 Å². The highest BCUT2D eigenvalue weighted by Gasteiger charge is 2.24. The van der Waals surface area contributed by atoms with Gasteiger partial charge in [0.15, 0.2) is 0 Å². The van der Waals surface area contributed by atoms with Crippen molar-refractivity contribution in [2.24, 2.45) is 0 Å². The third-order valence-electron chi connectivity index (χ3n) is 10.6. The van der Waals surface area contributed by atoms with E-state index >= 15 is 0 Å². The highest BCUT2D eigenvalue weighted by molar-refractivity contribution is 5.77. The van der Waals surface area contributed by atoms with E-state index in [1.54, 1.807) is 0 Å². The van der Waals surface area contributed by atoms with Crippen LogP contribution in [0.5, 0.6) is 0 Å². The van der Waals surface area contributed by atoms with Gasteiger partial charge in [-0.15, -0.1) is 0 Å². The number of aliphatic hydroxyl groups is 2. The second-order valence-electron chi connectivity index (χ2n) is 16.1. The summed E-state index contributed by atoms with van der Waals surface area (Å²) in [5.74, 6) is -0.543. The van der Waals surface area contributed by atoms with Crippen LogP contribution in [0.4, 0.5) is 0 Å². The first-order valence-electron chi connectivity index (χ1n) is 24.0. The Morgan fingerprint density at radius 1 is 0.526 bits per heavy atom. The fourth-order valence-corrected chi connectivity index (χ4v) is 6.96. The molecule has 0 radical (unpaired) electrons. The smallest absolute Gasteiger partial charge is 0.306 e. The van der Waals surface area contributed by atoms with E-state index in [1.807, 2.05) is 0 Å². The van der Waals surface area contributed by atoms with Crippen LogP contribution in [-0.2, 0) is 14.3 Å². The average molecular weight is 798 g/mol. The first-order valence-corrected chi connectivity index (χ1v) is 24.0. The number of ether oxygens (including phenoxy) is 1. The lowest BCUT2D eigenvalue weighted by Gasteiger charge is -2.24. The highest BCUT2D eigenvalue weighted by atomic mass is 16.5. The zero-order valence-corrected chi connectivity index (χ0v) is 37.5. The van der Waals surface area contributed by atoms with E-state index in [4.69, 9.17) is 4.74 Å². The topological polar surface area (TPSA) is 95.9 Å². The van der Waals surface area contributed by atoms with E-state index in [-0.39, 0.29) is 24.9 Å². The third kappa shape index (κ3) is 40.1. The van der Waals surface area contributed by atoms with Crippen LogP contribution in [0.25, 0.3) is 0 Å². The largest absolute Gasteiger partial charge is 0.462 e. The predicted octanol–water partition coefficient (Wildman–Crippen LogP) is 14.1. The van der Waals surface area contributed by atoms with E-state index in [0.29, 0.717) is 19.3 Å². The summed E-state index contributed by atoms with van der Waals surface area (Å²) in [5, 5.41) is 23.7. The third-order valence-corrected chi connectivity index (χ3v) is 10.6. The monoisotopic (exact) mass is 798 g/mol. The van der Waals surface area contributed by atoms with Crippen LogP contribution < -0.4 is 5.32 Å². The molecule has 0 spiro atoms. The Hall–Kier alpha value is -2.44. The maximum Gasteiger partial charge on any atom is 0.306 e. The van der Waals surface area contributed by atoms with Crippen molar-refractivity contribution < 1.29 is 24.5 Å². The zero-order valence-electron chi connectivity index (χ0n) is 37.5. The molecule has 0 heterocycles. The van der Waals surface area contributed by atoms with Gasteiger partial charge in [-0.3, -0.25) is 9.59 Å². The summed E-state index contributed by atoms with van der Waals surface area (Å²) in [7, 11) is 0. The summed E-state index contributed by atoms with van der Waals surface area (Å²) < 4.78 is 5.87. The molecular weight excluding hydrogens is 707 g/mol. The van der Waals surface area contributed by atoms with Gasteiger partial charge in [0.25, 0.3) is 0 Å². The summed E-state index contributed by atoms with van der Waals surface area (Å²) in [6.07, 6.45) is 54.3. The number of nitrogens with one attached hydrogen (secondary N) is 1. The van der Waals surface area contributed by atoms with Crippen LogP contribution >= 0.6 is 0 Å². The Balaban J connectivity index is 4.65. The molecule has 0 saturated carbocycles. The Labute approximate surface area is 352 Å². The maximum absolute atomic E-state index is 13.1. The van der Waals surface area contributed by atoms with Gasteiger partial charge in [0.05, 0.1) is 25.2 Å². The molecular formula is C51H91NO5. The van der Waals surface area contributed by atoms with E-state index in [9.17, 15) is 19.8 Å². The van der Waals surface area contributed by atoms with Crippen LogP contribution in [0, 0.1) is 0 Å². The molecule has 0 saturated heterocycles. The Morgan fingerprint density at radius 3 is 1.56 bits per heavy atom. The molecule has 0 aliphatic carbocycles. The Morgan fingerprint density at radius 2 is 1.00 bits per heavy atom. The molecule has 3 atom stereocenters. The molecule has 0 aromatic carbocycles. The number of carbonyl (C=O) groups is 2. The second kappa shape index (κ2) is 44.7. The molecule has 6 nitrogen and oxygen atoms in total. The van der Waals surface area contributed by atoms with E-state index in [1.165, 1.54) is 89.9 Å². The van der Waals surface area contributed by atoms with Gasteiger partial charge in [0, 0.05) is 6.42 Å². The quantitative estimate of drug-likeness (QED) is 0.0325. The van der Waals surface area contributed by atoms with Crippen LogP contribution in [0.1, 0.15) is 226 Å². The van der Waals surface area contributed by atoms with Crippen molar-refractivity contribution in [3.8, 4) is 0 Å². The van der Waals surface area contributed by atoms with Crippen molar-refractivity contribution in [3.05, 3.63) is 60.8 Å². The fraction of sp³-hybridized carbons (Fsp3) is 0.765. The first kappa shape index (κ1) is 54.6. The molecule has 3 unspecified atom stereocenters. The summed E-state index contributed by atoms with van der Waals surface area (Å²) in [6.45, 7) is 6.28. The van der Waals surface area contributed by atoms with Crippen LogP contribution in [-0.4, -0.2) is 46.9 Å². The van der Waals surface area contributed by atoms with Crippen LogP contribution in [0.3, 0.4) is 0 Å². The molecule has 57 heavy (non-hydrogen) atoms. The number of unbranched alkanes of at least 4 members (excludes halogenated alkanes) is 20. The van der Waals surface area contributed by atoms with E-state index in [2.05, 4.69) is 86.8 Å². The fourth-order valence-electron chi connectivity index (χ4n) is 6.96. The molecule has 0 rings (SSSR count). The van der Waals surface area contributed by atoms with Gasteiger partial charge in [0.1, 0.15) is 6.10 Å². The second-order valence-corrected chi connectivity index (χ2v) is 16.1. The van der Waals surface area contributed by atoms with Crippen molar-refractivity contribution in [1.29, 1.82) is 0 Å². The number of amides is 1. The molecule has 330 valence electrons. The zero-order chi connectivity index (χ0) is 41.7. The van der Waals surface area contributed by atoms with Crippen molar-refractivity contribution in [1.82, 2.24) is 5.32 Å². The molecule has 0 aromatic heterocycles. The van der Waals surface area contributed by atoms with Gasteiger partial charge >= 0.3 is 5.97 Å². The summed E-state index contributed by atoms with van der Waals surface area (Å²) in [6, 6.07) is -0.720. The number of aliphatic hydroxyl groups excluding tert-OH is 2. The number of carbonyl (C=O) groups excluding carboxylic acids is 2. The highest BCUT2D eigenvalue weighted by Crippen LogP contribution is 2.17. The molecule has 0 aromatic rings. The van der Waals surface area contributed by atoms with Gasteiger partial charge in [-0.2, -0.15) is 0 Å². The van der Waals surface area contributed by atoms with Gasteiger partial charge in [-0.1, -0.05) is 197 Å². The van der Waals surface area contributed by atoms with Gasteiger partial charge in [-0.25, -0.2) is 0 Å². The normalized spacial score (nSPS) is 13.8. The van der Waals surface area contributed by atoms with Crippen molar-refractivity contribution in [2.75, 3.05) is 6.61 Å². The minimum atomic E-state index is -0.803. The summed E-state index contributed by atoms with van der Waals surface area (Å²) in [5.41, 5.74) is 0. The molecule has 0 aliphatic rings. The molecule has 0 aliphatic heterocycles. The number of rotatable bonds is 42. The lowest BCUT2D eigenvalue weighted by molar-refractivity contribution is -0.151. The number of hydrogen-bond donors (Lipinski definition) is 3. The van der Waals surface area contributed by atoms with Crippen molar-refractivity contribution in [3.63, 3.8) is 0 Å². The number of hydrogen-bond acceptors (Lipinski definition) is 5. The molecule has 0 fully saturated rings. The first-order chi connectivity index (χ1) is 28.0. The van der Waals surface area contributed by atoms with E-state index in [0.717, 1.165) is 89.9 Å². The summed E-state index contributed by atoms with van der Waals surface area (Å²) in [4.78, 5) is 26.0. The molecule has 6 heteroatoms. The van der Waals surface area contributed by atoms with Crippen molar-refractivity contribution in [2.45, 2.75) is 244 Å². The van der Waals surface area contributed by atoms with Crippen molar-refractivity contribution >= 4 is 11.9 Å². The minimum Gasteiger partial charge on any atom is -0.462 e.